The lowest BCUT2D eigenvalue weighted by molar-refractivity contribution is -0.384. The van der Waals surface area contributed by atoms with Crippen molar-refractivity contribution in [3.05, 3.63) is 52.3 Å². The number of likely N-dealkylation sites (tertiary alicyclic amines) is 1. The van der Waals surface area contributed by atoms with Gasteiger partial charge >= 0.3 is 0 Å². The van der Waals surface area contributed by atoms with Gasteiger partial charge in [-0.3, -0.25) is 14.9 Å². The molecule has 1 aromatic heterocycles. The predicted octanol–water partition coefficient (Wildman–Crippen LogP) is 1.62. The maximum Gasteiger partial charge on any atom is 0.274 e. The Labute approximate surface area is 138 Å². The smallest absolute Gasteiger partial charge is 0.274 e. The molecule has 1 aliphatic heterocycles. The normalized spacial score (nSPS) is 15.5. The summed E-state index contributed by atoms with van der Waals surface area (Å²) >= 11 is 0. The lowest BCUT2D eigenvalue weighted by Gasteiger charge is -2.30. The van der Waals surface area contributed by atoms with Crippen molar-refractivity contribution in [1.29, 1.82) is 0 Å². The van der Waals surface area contributed by atoms with Gasteiger partial charge in [-0.1, -0.05) is 6.07 Å². The highest BCUT2D eigenvalue weighted by molar-refractivity contribution is 5.92. The lowest BCUT2D eigenvalue weighted by Crippen LogP contribution is -2.39. The molecule has 1 amide bonds. The third-order valence-electron chi connectivity index (χ3n) is 4.27. The molecular weight excluding hydrogens is 312 g/mol. The number of piperidine rings is 1. The van der Waals surface area contributed by atoms with Crippen LogP contribution in [0.25, 0.3) is 5.69 Å². The van der Waals surface area contributed by atoms with Crippen LogP contribution in [0.3, 0.4) is 0 Å². The number of nitro groups is 1. The molecule has 0 bridgehead atoms. The van der Waals surface area contributed by atoms with E-state index < -0.39 is 4.92 Å². The lowest BCUT2D eigenvalue weighted by atomic mass is 9.98. The number of benzene rings is 1. The minimum absolute atomic E-state index is 0.0260. The molecule has 8 heteroatoms. The fourth-order valence-electron chi connectivity index (χ4n) is 2.81. The van der Waals surface area contributed by atoms with E-state index in [-0.39, 0.29) is 24.1 Å². The number of carbonyl (C=O) groups is 1. The predicted molar refractivity (Wildman–Crippen MR) is 85.9 cm³/mol. The first-order chi connectivity index (χ1) is 11.6. The number of hydrogen-bond donors (Lipinski definition) is 1. The quantitative estimate of drug-likeness (QED) is 0.678. The van der Waals surface area contributed by atoms with Gasteiger partial charge in [0.2, 0.25) is 0 Å². The Hall–Kier alpha value is -2.74. The number of carbonyl (C=O) groups excluding carboxylic acids is 1. The fourth-order valence-corrected chi connectivity index (χ4v) is 2.81. The number of amides is 1. The van der Waals surface area contributed by atoms with Crippen LogP contribution < -0.4 is 0 Å². The Balaban J connectivity index is 1.75. The summed E-state index contributed by atoms with van der Waals surface area (Å²) < 4.78 is 1.46. The van der Waals surface area contributed by atoms with E-state index in [1.807, 2.05) is 0 Å². The second-order valence-corrected chi connectivity index (χ2v) is 5.84. The summed E-state index contributed by atoms with van der Waals surface area (Å²) in [6, 6.07) is 7.70. The number of nitrogens with zero attached hydrogens (tertiary/aromatic N) is 4. The molecule has 1 saturated heterocycles. The molecule has 0 unspecified atom stereocenters. The number of non-ortho nitro benzene ring substituents is 1. The molecule has 8 nitrogen and oxygen atoms in total. The van der Waals surface area contributed by atoms with Crippen molar-refractivity contribution >= 4 is 11.6 Å². The maximum absolute atomic E-state index is 12.5. The van der Waals surface area contributed by atoms with Crippen molar-refractivity contribution in [1.82, 2.24) is 14.7 Å². The molecule has 0 atom stereocenters. The minimum Gasteiger partial charge on any atom is -0.396 e. The zero-order valence-electron chi connectivity index (χ0n) is 13.0. The van der Waals surface area contributed by atoms with Crippen LogP contribution in [0.1, 0.15) is 23.3 Å². The first kappa shape index (κ1) is 16.1. The molecule has 1 aliphatic rings. The van der Waals surface area contributed by atoms with Crippen molar-refractivity contribution in [3.8, 4) is 5.69 Å². The van der Waals surface area contributed by atoms with Crippen LogP contribution in [0.5, 0.6) is 0 Å². The molecule has 0 aliphatic carbocycles. The molecular formula is C16H18N4O4. The highest BCUT2D eigenvalue weighted by Gasteiger charge is 2.24. The number of aliphatic hydroxyl groups excluding tert-OH is 1. The molecule has 1 fully saturated rings. The van der Waals surface area contributed by atoms with E-state index in [4.69, 9.17) is 5.11 Å². The molecule has 1 N–H and O–H groups in total. The molecule has 0 saturated carbocycles. The van der Waals surface area contributed by atoms with Gasteiger partial charge in [-0.15, -0.1) is 0 Å². The van der Waals surface area contributed by atoms with Crippen LogP contribution in [0.15, 0.2) is 36.5 Å². The number of aliphatic hydroxyl groups is 1. The average molecular weight is 330 g/mol. The molecule has 2 aromatic rings. The molecule has 3 rings (SSSR count). The topological polar surface area (TPSA) is 102 Å². The fraction of sp³-hybridized carbons (Fsp3) is 0.375. The maximum atomic E-state index is 12.5. The van der Waals surface area contributed by atoms with Crippen LogP contribution in [0.4, 0.5) is 5.69 Å². The van der Waals surface area contributed by atoms with E-state index in [1.54, 1.807) is 29.3 Å². The molecule has 24 heavy (non-hydrogen) atoms. The summed E-state index contributed by atoms with van der Waals surface area (Å²) in [5, 5.41) is 24.3. The molecule has 0 radical (unpaired) electrons. The minimum atomic E-state index is -0.468. The SMILES string of the molecule is O=C(c1ccn(-c2cccc([N+](=O)[O-])c2)n1)N1CCC(CO)CC1. The Morgan fingerprint density at radius 3 is 2.75 bits per heavy atom. The standard InChI is InChI=1S/C16H18N4O4/c21-11-12-4-7-18(8-5-12)16(22)15-6-9-19(17-15)13-2-1-3-14(10-13)20(23)24/h1-3,6,9-10,12,21H,4-5,7-8,11H2. The van der Waals surface area contributed by atoms with Crippen LogP contribution >= 0.6 is 0 Å². The van der Waals surface area contributed by atoms with Crippen LogP contribution in [-0.4, -0.2) is 50.3 Å². The summed E-state index contributed by atoms with van der Waals surface area (Å²) in [5.74, 6) is 0.104. The van der Waals surface area contributed by atoms with Gasteiger partial charge in [0, 0.05) is 38.0 Å². The summed E-state index contributed by atoms with van der Waals surface area (Å²) in [6.45, 7) is 1.37. The van der Waals surface area contributed by atoms with Crippen molar-refractivity contribution in [2.75, 3.05) is 19.7 Å². The van der Waals surface area contributed by atoms with E-state index in [2.05, 4.69) is 5.10 Å². The van der Waals surface area contributed by atoms with Gasteiger partial charge in [0.15, 0.2) is 5.69 Å². The average Bonchev–Trinajstić information content (AvgIpc) is 3.11. The van der Waals surface area contributed by atoms with Crippen LogP contribution in [0.2, 0.25) is 0 Å². The van der Waals surface area contributed by atoms with E-state index in [0.717, 1.165) is 12.8 Å². The van der Waals surface area contributed by atoms with Gasteiger partial charge in [0.05, 0.1) is 10.6 Å². The van der Waals surface area contributed by atoms with E-state index >= 15 is 0 Å². The van der Waals surface area contributed by atoms with Gasteiger partial charge < -0.3 is 10.0 Å². The zero-order valence-corrected chi connectivity index (χ0v) is 13.0. The van der Waals surface area contributed by atoms with Gasteiger partial charge in [-0.05, 0) is 30.9 Å². The monoisotopic (exact) mass is 330 g/mol. The third kappa shape index (κ3) is 3.28. The molecule has 1 aromatic carbocycles. The van der Waals surface area contributed by atoms with Crippen molar-refractivity contribution in [2.45, 2.75) is 12.8 Å². The van der Waals surface area contributed by atoms with Gasteiger partial charge in [0.25, 0.3) is 11.6 Å². The van der Waals surface area contributed by atoms with Crippen LogP contribution in [-0.2, 0) is 0 Å². The summed E-state index contributed by atoms with van der Waals surface area (Å²) in [7, 11) is 0. The zero-order chi connectivity index (χ0) is 17.1. The Kier molecular flexibility index (Phi) is 4.57. The Morgan fingerprint density at radius 1 is 1.33 bits per heavy atom. The number of aromatic nitrogens is 2. The van der Waals surface area contributed by atoms with Gasteiger partial charge in [0.1, 0.15) is 0 Å². The van der Waals surface area contributed by atoms with Gasteiger partial charge in [-0.2, -0.15) is 5.10 Å². The number of hydrogen-bond acceptors (Lipinski definition) is 5. The van der Waals surface area contributed by atoms with E-state index in [0.29, 0.717) is 24.5 Å². The first-order valence-electron chi connectivity index (χ1n) is 7.79. The van der Waals surface area contributed by atoms with Crippen molar-refractivity contribution in [2.24, 2.45) is 5.92 Å². The van der Waals surface area contributed by atoms with Crippen molar-refractivity contribution in [3.63, 3.8) is 0 Å². The van der Waals surface area contributed by atoms with Crippen LogP contribution in [0, 0.1) is 16.0 Å². The highest BCUT2D eigenvalue weighted by atomic mass is 16.6. The Morgan fingerprint density at radius 2 is 2.08 bits per heavy atom. The highest BCUT2D eigenvalue weighted by Crippen LogP contribution is 2.19. The molecule has 0 spiro atoms. The number of rotatable bonds is 4. The molecule has 2 heterocycles. The second-order valence-electron chi connectivity index (χ2n) is 5.84. The first-order valence-corrected chi connectivity index (χ1v) is 7.79. The summed E-state index contributed by atoms with van der Waals surface area (Å²) in [4.78, 5) is 24.6. The molecule has 126 valence electrons. The largest absolute Gasteiger partial charge is 0.396 e. The summed E-state index contributed by atoms with van der Waals surface area (Å²) in [5.41, 5.74) is 0.813. The van der Waals surface area contributed by atoms with E-state index in [9.17, 15) is 14.9 Å². The second kappa shape index (κ2) is 6.79. The Bertz CT molecular complexity index is 750. The third-order valence-corrected chi connectivity index (χ3v) is 4.27. The van der Waals surface area contributed by atoms with E-state index in [1.165, 1.54) is 16.8 Å². The summed E-state index contributed by atoms with van der Waals surface area (Å²) in [6.07, 6.45) is 3.19. The van der Waals surface area contributed by atoms with Gasteiger partial charge in [-0.25, -0.2) is 4.68 Å². The number of nitro benzene ring substituents is 1. The van der Waals surface area contributed by atoms with Crippen molar-refractivity contribution < 1.29 is 14.8 Å².